The molecule has 4 aromatic rings. The van der Waals surface area contributed by atoms with Gasteiger partial charge in [-0.1, -0.05) is 30.3 Å². The number of nitrogens with zero attached hydrogens (tertiary/aromatic N) is 4. The number of sulfone groups is 1. The van der Waals surface area contributed by atoms with Gasteiger partial charge in [-0.3, -0.25) is 0 Å². The molecule has 2 aromatic heterocycles. The van der Waals surface area contributed by atoms with E-state index in [-0.39, 0.29) is 26.9 Å². The summed E-state index contributed by atoms with van der Waals surface area (Å²) in [6.07, 6.45) is 2.77. The van der Waals surface area contributed by atoms with Gasteiger partial charge < -0.3 is 15.5 Å². The van der Waals surface area contributed by atoms with Crippen molar-refractivity contribution >= 4 is 15.7 Å². The second-order valence-electron chi connectivity index (χ2n) is 7.79. The first-order chi connectivity index (χ1) is 16.0. The predicted molar refractivity (Wildman–Crippen MR) is 130 cm³/mol. The molecular weight excluding hydrogens is 440 g/mol. The molecule has 0 aliphatic carbocycles. The molecule has 9 nitrogen and oxygen atoms in total. The van der Waals surface area contributed by atoms with Crippen LogP contribution >= 0.6 is 0 Å². The fourth-order valence-corrected chi connectivity index (χ4v) is 5.58. The van der Waals surface area contributed by atoms with E-state index >= 15 is 0 Å². The zero-order chi connectivity index (χ0) is 22.8. The van der Waals surface area contributed by atoms with Crippen LogP contribution in [0.1, 0.15) is 17.1 Å². The average molecular weight is 469 g/mol. The number of rotatable bonds is 5. The standard InChI is InChI=1S/C23H22N6O3S.3H2/c24-21-20(23-29-28-22(32-23)16-4-2-1-3-5-16)27-19(14-26-21)15-6-8-17(9-7-15)33(30,31)18-10-12-25-13-11-18;;;/h1-9,14,18,25H,10-13H2,(H2,24,26);3*1H. The van der Waals surface area contributed by atoms with Gasteiger partial charge in [0.05, 0.1) is 22.0 Å². The van der Waals surface area contributed by atoms with Crippen molar-refractivity contribution in [1.29, 1.82) is 0 Å². The minimum atomic E-state index is -3.37. The van der Waals surface area contributed by atoms with Crippen molar-refractivity contribution < 1.29 is 17.1 Å². The smallest absolute Gasteiger partial charge is 0.270 e. The van der Waals surface area contributed by atoms with Crippen LogP contribution in [-0.4, -0.2) is 46.9 Å². The summed E-state index contributed by atoms with van der Waals surface area (Å²) in [5.74, 6) is 0.669. The highest BCUT2D eigenvalue weighted by Crippen LogP contribution is 2.29. The molecule has 3 heterocycles. The Morgan fingerprint density at radius 2 is 1.64 bits per heavy atom. The second kappa shape index (κ2) is 8.72. The molecule has 1 saturated heterocycles. The quantitative estimate of drug-likeness (QED) is 0.449. The van der Waals surface area contributed by atoms with Gasteiger partial charge in [-0.25, -0.2) is 18.4 Å². The van der Waals surface area contributed by atoms with Crippen molar-refractivity contribution in [3.63, 3.8) is 0 Å². The molecule has 1 aliphatic heterocycles. The summed E-state index contributed by atoms with van der Waals surface area (Å²) in [5, 5.41) is 11.0. The van der Waals surface area contributed by atoms with Crippen molar-refractivity contribution in [1.82, 2.24) is 25.5 Å². The maximum Gasteiger partial charge on any atom is 0.270 e. The van der Waals surface area contributed by atoms with Gasteiger partial charge in [0.2, 0.25) is 5.89 Å². The third-order valence-corrected chi connectivity index (χ3v) is 7.93. The molecule has 0 radical (unpaired) electrons. The normalized spacial score (nSPS) is 14.9. The van der Waals surface area contributed by atoms with E-state index in [1.165, 1.54) is 6.20 Å². The van der Waals surface area contributed by atoms with Gasteiger partial charge in [-0.15, -0.1) is 10.2 Å². The summed E-state index contributed by atoms with van der Waals surface area (Å²) >= 11 is 0. The molecule has 0 saturated carbocycles. The second-order valence-corrected chi connectivity index (χ2v) is 10.0. The van der Waals surface area contributed by atoms with E-state index in [1.54, 1.807) is 24.3 Å². The van der Waals surface area contributed by atoms with Crippen molar-refractivity contribution in [2.24, 2.45) is 0 Å². The molecule has 0 atom stereocenters. The van der Waals surface area contributed by atoms with E-state index in [2.05, 4.69) is 25.5 Å². The van der Waals surface area contributed by atoms with Crippen LogP contribution in [-0.2, 0) is 9.84 Å². The summed E-state index contributed by atoms with van der Waals surface area (Å²) in [6, 6.07) is 16.1. The molecule has 0 amide bonds. The molecule has 174 valence electrons. The lowest BCUT2D eigenvalue weighted by molar-refractivity contribution is 0.496. The van der Waals surface area contributed by atoms with Crippen LogP contribution in [0, 0.1) is 0 Å². The molecule has 3 N–H and O–H groups in total. The van der Waals surface area contributed by atoms with Gasteiger partial charge in [-0.05, 0) is 50.2 Å². The number of nitrogens with one attached hydrogen (secondary N) is 1. The van der Waals surface area contributed by atoms with Crippen LogP contribution in [0.2, 0.25) is 0 Å². The Hall–Kier alpha value is -3.63. The highest BCUT2D eigenvalue weighted by atomic mass is 32.2. The molecule has 1 aliphatic rings. The van der Waals surface area contributed by atoms with Gasteiger partial charge in [-0.2, -0.15) is 0 Å². The zero-order valence-corrected chi connectivity index (χ0v) is 18.5. The first-order valence-corrected chi connectivity index (χ1v) is 12.1. The molecule has 0 unspecified atom stereocenters. The lowest BCUT2D eigenvalue weighted by atomic mass is 10.1. The fraction of sp³-hybridized carbons (Fsp3) is 0.217. The van der Waals surface area contributed by atoms with Crippen molar-refractivity contribution in [2.75, 3.05) is 18.8 Å². The maximum atomic E-state index is 12.9. The lowest BCUT2D eigenvalue weighted by Gasteiger charge is -2.22. The van der Waals surface area contributed by atoms with Gasteiger partial charge in [0.1, 0.15) is 0 Å². The van der Waals surface area contributed by atoms with Crippen molar-refractivity contribution in [2.45, 2.75) is 23.0 Å². The number of aromatic nitrogens is 4. The zero-order valence-electron chi connectivity index (χ0n) is 17.7. The Bertz CT molecular complexity index is 1380. The van der Waals surface area contributed by atoms with Crippen LogP contribution in [0.15, 0.2) is 70.1 Å². The van der Waals surface area contributed by atoms with Crippen molar-refractivity contribution in [3.8, 4) is 34.3 Å². The maximum absolute atomic E-state index is 12.9. The highest BCUT2D eigenvalue weighted by molar-refractivity contribution is 7.92. The third-order valence-electron chi connectivity index (χ3n) is 5.65. The first-order valence-electron chi connectivity index (χ1n) is 10.6. The largest absolute Gasteiger partial charge is 0.414 e. The Labute approximate surface area is 195 Å². The molecule has 0 spiro atoms. The number of nitrogens with two attached hydrogens (primary N) is 1. The SMILES string of the molecule is Nc1ncc(-c2ccc(S(=O)(=O)C3CCNCC3)cc2)nc1-c1nnc(-c2ccccc2)o1.[HH].[HH].[HH]. The number of nitrogen functional groups attached to an aromatic ring is 1. The molecular formula is C23H28N6O3S. The van der Waals surface area contributed by atoms with E-state index in [0.29, 0.717) is 48.0 Å². The number of piperidine rings is 1. The van der Waals surface area contributed by atoms with Gasteiger partial charge in [0, 0.05) is 15.4 Å². The predicted octanol–water partition coefficient (Wildman–Crippen LogP) is 3.71. The number of anilines is 1. The first kappa shape index (κ1) is 21.2. The minimum absolute atomic E-state index is 0. The summed E-state index contributed by atoms with van der Waals surface area (Å²) in [5.41, 5.74) is 8.30. The molecule has 0 bridgehead atoms. The van der Waals surface area contributed by atoms with E-state index in [0.717, 1.165) is 5.56 Å². The van der Waals surface area contributed by atoms with Crippen LogP contribution < -0.4 is 11.1 Å². The van der Waals surface area contributed by atoms with Crippen LogP contribution in [0.25, 0.3) is 34.3 Å². The average Bonchev–Trinajstić information content (AvgIpc) is 3.36. The monoisotopic (exact) mass is 468 g/mol. The minimum Gasteiger partial charge on any atom is -0.414 e. The number of hydrogen-bond donors (Lipinski definition) is 2. The molecule has 5 rings (SSSR count). The van der Waals surface area contributed by atoms with E-state index in [4.69, 9.17) is 10.2 Å². The Kier molecular flexibility index (Phi) is 5.61. The molecule has 10 heteroatoms. The van der Waals surface area contributed by atoms with Gasteiger partial charge in [0.15, 0.2) is 21.3 Å². The Morgan fingerprint density at radius 1 is 0.939 bits per heavy atom. The topological polar surface area (TPSA) is 137 Å². The third kappa shape index (κ3) is 4.22. The van der Waals surface area contributed by atoms with E-state index in [1.807, 2.05) is 30.3 Å². The number of hydrogen-bond acceptors (Lipinski definition) is 9. The summed E-state index contributed by atoms with van der Waals surface area (Å²) in [4.78, 5) is 9.09. The Balaban J connectivity index is 0.00000152. The number of benzene rings is 2. The van der Waals surface area contributed by atoms with E-state index in [9.17, 15) is 8.42 Å². The van der Waals surface area contributed by atoms with Gasteiger partial charge >= 0.3 is 0 Å². The summed E-state index contributed by atoms with van der Waals surface area (Å²) in [7, 11) is -3.37. The van der Waals surface area contributed by atoms with Crippen LogP contribution in [0.5, 0.6) is 0 Å². The van der Waals surface area contributed by atoms with E-state index < -0.39 is 9.84 Å². The molecule has 2 aromatic carbocycles. The Morgan fingerprint density at radius 3 is 2.36 bits per heavy atom. The van der Waals surface area contributed by atoms with Crippen LogP contribution in [0.4, 0.5) is 5.82 Å². The molecule has 1 fully saturated rings. The highest BCUT2D eigenvalue weighted by Gasteiger charge is 2.28. The molecule has 33 heavy (non-hydrogen) atoms. The lowest BCUT2D eigenvalue weighted by Crippen LogP contribution is -2.35. The fourth-order valence-electron chi connectivity index (χ4n) is 3.82. The van der Waals surface area contributed by atoms with Crippen molar-refractivity contribution in [3.05, 3.63) is 60.8 Å². The summed E-state index contributed by atoms with van der Waals surface area (Å²) < 4.78 is 31.6. The summed E-state index contributed by atoms with van der Waals surface area (Å²) in [6.45, 7) is 1.43. The van der Waals surface area contributed by atoms with Gasteiger partial charge in [0.25, 0.3) is 5.89 Å². The van der Waals surface area contributed by atoms with Crippen LogP contribution in [0.3, 0.4) is 0 Å².